The van der Waals surface area contributed by atoms with Gasteiger partial charge in [0.2, 0.25) is 0 Å². The molecule has 0 spiro atoms. The van der Waals surface area contributed by atoms with Crippen LogP contribution >= 0.6 is 0 Å². The fraction of sp³-hybridized carbons (Fsp3) is 0.750. The lowest BCUT2D eigenvalue weighted by Gasteiger charge is -2.33. The molecule has 0 nitrogen and oxygen atoms in total. The van der Waals surface area contributed by atoms with Crippen molar-refractivity contribution in [1.29, 1.82) is 0 Å². The van der Waals surface area contributed by atoms with Gasteiger partial charge in [0.1, 0.15) is 0 Å². The van der Waals surface area contributed by atoms with Crippen molar-refractivity contribution in [2.45, 2.75) is 92.9 Å². The third-order valence-corrected chi connectivity index (χ3v) is 6.63. The van der Waals surface area contributed by atoms with Crippen LogP contribution in [0.15, 0.2) is 12.1 Å². The van der Waals surface area contributed by atoms with E-state index in [-0.39, 0.29) is 14.9 Å². The highest BCUT2D eigenvalue weighted by Gasteiger charge is 2.26. The van der Waals surface area contributed by atoms with E-state index in [0.29, 0.717) is 23.5 Å². The maximum Gasteiger partial charge on any atom is 0.162 e. The fourth-order valence-corrected chi connectivity index (χ4v) is 4.86. The summed E-state index contributed by atoms with van der Waals surface area (Å²) in [6.45, 7) is 4.01. The SMILES string of the molecule is C.C.Cc1ccc(CC2CCC(CC3CCC(C)CC3)CC2)c(F)c1F. The Labute approximate surface area is 160 Å². The van der Waals surface area contributed by atoms with Gasteiger partial charge in [0.25, 0.3) is 0 Å². The summed E-state index contributed by atoms with van der Waals surface area (Å²) in [5.41, 5.74) is 0.976. The second-order valence-corrected chi connectivity index (χ2v) is 8.62. The van der Waals surface area contributed by atoms with Crippen LogP contribution in [-0.4, -0.2) is 0 Å². The summed E-state index contributed by atoms with van der Waals surface area (Å²) in [6.07, 6.45) is 12.7. The van der Waals surface area contributed by atoms with Crippen LogP contribution < -0.4 is 0 Å². The Morgan fingerprint density at radius 2 is 1.27 bits per heavy atom. The van der Waals surface area contributed by atoms with Crippen molar-refractivity contribution in [2.24, 2.45) is 23.7 Å². The third kappa shape index (κ3) is 5.79. The van der Waals surface area contributed by atoms with Crippen LogP contribution in [0.3, 0.4) is 0 Å². The van der Waals surface area contributed by atoms with Crippen molar-refractivity contribution >= 4 is 0 Å². The standard InChI is InChI=1S/C22H32F2.2CH4/c1-15-3-6-17(7-4-15)13-18-8-10-19(11-9-18)14-20-12-5-16(2)21(23)22(20)24;;/h5,12,15,17-19H,3-4,6-11,13-14H2,1-2H3;2*1H4. The lowest BCUT2D eigenvalue weighted by molar-refractivity contribution is 0.195. The van der Waals surface area contributed by atoms with Gasteiger partial charge in [0, 0.05) is 0 Å². The molecule has 26 heavy (non-hydrogen) atoms. The van der Waals surface area contributed by atoms with E-state index in [1.54, 1.807) is 19.1 Å². The van der Waals surface area contributed by atoms with Crippen LogP contribution in [0.1, 0.15) is 90.7 Å². The molecule has 0 amide bonds. The van der Waals surface area contributed by atoms with Crippen LogP contribution in [0, 0.1) is 42.2 Å². The number of aryl methyl sites for hydroxylation is 1. The largest absolute Gasteiger partial charge is 0.203 e. The first-order valence-electron chi connectivity index (χ1n) is 9.96. The summed E-state index contributed by atoms with van der Waals surface area (Å²) < 4.78 is 27.8. The number of hydrogen-bond acceptors (Lipinski definition) is 0. The minimum absolute atomic E-state index is 0. The van der Waals surface area contributed by atoms with Crippen LogP contribution in [-0.2, 0) is 6.42 Å². The Bertz CT molecular complexity index is 535. The van der Waals surface area contributed by atoms with Crippen LogP contribution in [0.2, 0.25) is 0 Å². The molecule has 1 aromatic carbocycles. The minimum Gasteiger partial charge on any atom is -0.203 e. The minimum atomic E-state index is -0.660. The average molecular weight is 367 g/mol. The molecule has 0 unspecified atom stereocenters. The third-order valence-electron chi connectivity index (χ3n) is 6.63. The molecule has 2 saturated carbocycles. The van der Waals surface area contributed by atoms with Gasteiger partial charge in [0.15, 0.2) is 11.6 Å². The first-order chi connectivity index (χ1) is 11.5. The highest BCUT2D eigenvalue weighted by molar-refractivity contribution is 5.25. The molecule has 0 aliphatic heterocycles. The summed E-state index contributed by atoms with van der Waals surface area (Å²) in [5, 5.41) is 0. The van der Waals surface area contributed by atoms with E-state index in [0.717, 1.165) is 17.8 Å². The van der Waals surface area contributed by atoms with Crippen LogP contribution in [0.4, 0.5) is 8.78 Å². The van der Waals surface area contributed by atoms with Gasteiger partial charge in [-0.15, -0.1) is 0 Å². The number of rotatable bonds is 4. The lowest BCUT2D eigenvalue weighted by atomic mass is 9.72. The summed E-state index contributed by atoms with van der Waals surface area (Å²) in [5.74, 6) is 2.01. The molecular formula is C24H40F2. The molecule has 3 rings (SSSR count). The summed E-state index contributed by atoms with van der Waals surface area (Å²) in [6, 6.07) is 3.49. The smallest absolute Gasteiger partial charge is 0.162 e. The van der Waals surface area contributed by atoms with Crippen LogP contribution in [0.25, 0.3) is 0 Å². The summed E-state index contributed by atoms with van der Waals surface area (Å²) >= 11 is 0. The molecule has 0 saturated heterocycles. The first-order valence-corrected chi connectivity index (χ1v) is 9.96. The Morgan fingerprint density at radius 3 is 1.85 bits per heavy atom. The second-order valence-electron chi connectivity index (χ2n) is 8.62. The molecule has 1 aromatic rings. The van der Waals surface area contributed by atoms with Crippen molar-refractivity contribution in [2.75, 3.05) is 0 Å². The molecule has 2 aliphatic carbocycles. The molecule has 0 heterocycles. The first kappa shape index (κ1) is 23.1. The molecule has 2 heteroatoms. The van der Waals surface area contributed by atoms with Crippen molar-refractivity contribution in [3.63, 3.8) is 0 Å². The zero-order chi connectivity index (χ0) is 17.1. The van der Waals surface area contributed by atoms with E-state index >= 15 is 0 Å². The van der Waals surface area contributed by atoms with Gasteiger partial charge < -0.3 is 0 Å². The Morgan fingerprint density at radius 1 is 0.769 bits per heavy atom. The van der Waals surface area contributed by atoms with Crippen molar-refractivity contribution < 1.29 is 8.78 Å². The van der Waals surface area contributed by atoms with Crippen LogP contribution in [0.5, 0.6) is 0 Å². The van der Waals surface area contributed by atoms with Gasteiger partial charge >= 0.3 is 0 Å². The van der Waals surface area contributed by atoms with E-state index in [1.807, 2.05) is 0 Å². The summed E-state index contributed by atoms with van der Waals surface area (Å²) in [4.78, 5) is 0. The van der Waals surface area contributed by atoms with E-state index in [1.165, 1.54) is 57.8 Å². The molecule has 0 bridgehead atoms. The second kappa shape index (κ2) is 10.4. The van der Waals surface area contributed by atoms with Gasteiger partial charge in [0.05, 0.1) is 0 Å². The molecule has 2 aliphatic rings. The molecule has 0 N–H and O–H groups in total. The van der Waals surface area contributed by atoms with E-state index in [9.17, 15) is 8.78 Å². The summed E-state index contributed by atoms with van der Waals surface area (Å²) in [7, 11) is 0. The molecule has 2 fully saturated rings. The molecule has 150 valence electrons. The monoisotopic (exact) mass is 366 g/mol. The number of hydrogen-bond donors (Lipinski definition) is 0. The Kier molecular flexibility index (Phi) is 9.27. The van der Waals surface area contributed by atoms with Gasteiger partial charge in [-0.2, -0.15) is 0 Å². The average Bonchev–Trinajstić information content (AvgIpc) is 2.59. The lowest BCUT2D eigenvalue weighted by Crippen LogP contribution is -2.21. The van der Waals surface area contributed by atoms with Gasteiger partial charge in [-0.1, -0.05) is 72.4 Å². The van der Waals surface area contributed by atoms with Crippen molar-refractivity contribution in [3.05, 3.63) is 34.9 Å². The fourth-order valence-electron chi connectivity index (χ4n) is 4.86. The topological polar surface area (TPSA) is 0 Å². The number of halogens is 2. The highest BCUT2D eigenvalue weighted by Crippen LogP contribution is 2.39. The molecule has 0 aromatic heterocycles. The number of benzene rings is 1. The normalized spacial score (nSPS) is 28.8. The van der Waals surface area contributed by atoms with E-state index < -0.39 is 11.6 Å². The quantitative estimate of drug-likeness (QED) is 0.505. The highest BCUT2D eigenvalue weighted by atomic mass is 19.2. The zero-order valence-electron chi connectivity index (χ0n) is 15.3. The predicted octanol–water partition coefficient (Wildman–Crippen LogP) is 8.11. The van der Waals surface area contributed by atoms with Gasteiger partial charge in [-0.05, 0) is 67.4 Å². The predicted molar refractivity (Wildman–Crippen MR) is 109 cm³/mol. The van der Waals surface area contributed by atoms with Gasteiger partial charge in [-0.25, -0.2) is 8.78 Å². The molecular weight excluding hydrogens is 326 g/mol. The maximum absolute atomic E-state index is 14.1. The Hall–Kier alpha value is -0.920. The van der Waals surface area contributed by atoms with E-state index in [2.05, 4.69) is 6.92 Å². The van der Waals surface area contributed by atoms with Crippen molar-refractivity contribution in [1.82, 2.24) is 0 Å². The van der Waals surface area contributed by atoms with Crippen molar-refractivity contribution in [3.8, 4) is 0 Å². The molecule has 0 atom stereocenters. The van der Waals surface area contributed by atoms with E-state index in [4.69, 9.17) is 0 Å². The maximum atomic E-state index is 14.1. The van der Waals surface area contributed by atoms with Gasteiger partial charge in [-0.3, -0.25) is 0 Å². The molecule has 0 radical (unpaired) electrons. The Balaban J connectivity index is 0.00000169. The zero-order valence-corrected chi connectivity index (χ0v) is 15.3.